The summed E-state index contributed by atoms with van der Waals surface area (Å²) in [6.07, 6.45) is 3.58. The molecule has 1 heterocycles. The number of hydrogen-bond donors (Lipinski definition) is 2. The lowest BCUT2D eigenvalue weighted by molar-refractivity contribution is -0.121. The number of carbonyl (C=O) groups is 1. The quantitative estimate of drug-likeness (QED) is 0.870. The predicted molar refractivity (Wildman–Crippen MR) is 73.0 cm³/mol. The second-order valence-electron chi connectivity index (χ2n) is 5.26. The number of piperidine rings is 1. The molecule has 110 valence electrons. The Kier molecular flexibility index (Phi) is 5.47. The van der Waals surface area contributed by atoms with E-state index >= 15 is 0 Å². The first-order valence-electron chi connectivity index (χ1n) is 7.06. The number of carbonyl (C=O) groups excluding carboxylic acids is 1. The first kappa shape index (κ1) is 14.9. The molecule has 0 saturated carbocycles. The summed E-state index contributed by atoms with van der Waals surface area (Å²) >= 11 is 0. The Morgan fingerprint density at radius 2 is 2.25 bits per heavy atom. The average Bonchev–Trinajstić information content (AvgIpc) is 2.47. The summed E-state index contributed by atoms with van der Waals surface area (Å²) in [4.78, 5) is 11.7. The Hall–Kier alpha value is -1.49. The van der Waals surface area contributed by atoms with E-state index in [9.17, 15) is 13.6 Å². The Bertz CT molecular complexity index is 459. The molecule has 0 radical (unpaired) electrons. The van der Waals surface area contributed by atoms with Crippen molar-refractivity contribution >= 4 is 5.91 Å². The zero-order chi connectivity index (χ0) is 14.4. The van der Waals surface area contributed by atoms with E-state index in [1.54, 1.807) is 0 Å². The van der Waals surface area contributed by atoms with Gasteiger partial charge in [0.15, 0.2) is 0 Å². The normalized spacial score (nSPS) is 18.8. The van der Waals surface area contributed by atoms with Crippen LogP contribution < -0.4 is 10.6 Å². The maximum atomic E-state index is 13.4. The lowest BCUT2D eigenvalue weighted by Gasteiger charge is -2.22. The van der Waals surface area contributed by atoms with Crippen molar-refractivity contribution in [3.05, 3.63) is 35.4 Å². The molecule has 1 saturated heterocycles. The fourth-order valence-electron chi connectivity index (χ4n) is 2.47. The summed E-state index contributed by atoms with van der Waals surface area (Å²) in [5.41, 5.74) is 0.178. The summed E-state index contributed by atoms with van der Waals surface area (Å²) < 4.78 is 26.3. The van der Waals surface area contributed by atoms with Crippen molar-refractivity contribution in [1.29, 1.82) is 0 Å². The van der Waals surface area contributed by atoms with E-state index in [1.165, 1.54) is 0 Å². The highest BCUT2D eigenvalue weighted by Gasteiger charge is 2.14. The van der Waals surface area contributed by atoms with E-state index in [-0.39, 0.29) is 18.0 Å². The molecule has 20 heavy (non-hydrogen) atoms. The summed E-state index contributed by atoms with van der Waals surface area (Å²) in [6.45, 7) is 2.05. The van der Waals surface area contributed by atoms with Gasteiger partial charge in [0, 0.05) is 18.5 Å². The van der Waals surface area contributed by atoms with Crippen LogP contribution >= 0.6 is 0 Å². The van der Waals surface area contributed by atoms with Crippen LogP contribution in [0.25, 0.3) is 0 Å². The van der Waals surface area contributed by atoms with Gasteiger partial charge in [0.1, 0.15) is 11.6 Å². The van der Waals surface area contributed by atoms with Crippen molar-refractivity contribution in [1.82, 2.24) is 10.6 Å². The molecule has 0 aliphatic carbocycles. The molecule has 1 amide bonds. The van der Waals surface area contributed by atoms with Crippen molar-refractivity contribution < 1.29 is 13.6 Å². The highest BCUT2D eigenvalue weighted by molar-refractivity contribution is 5.75. The second kappa shape index (κ2) is 7.33. The molecule has 1 atom stereocenters. The summed E-state index contributed by atoms with van der Waals surface area (Å²) in [5.74, 6) is -0.563. The van der Waals surface area contributed by atoms with Crippen molar-refractivity contribution in [2.75, 3.05) is 13.1 Å². The van der Waals surface area contributed by atoms with Gasteiger partial charge in [-0.2, -0.15) is 0 Å². The molecule has 5 heteroatoms. The first-order valence-corrected chi connectivity index (χ1v) is 7.06. The second-order valence-corrected chi connectivity index (χ2v) is 5.26. The highest BCUT2D eigenvalue weighted by Crippen LogP contribution is 2.16. The summed E-state index contributed by atoms with van der Waals surface area (Å²) in [5, 5.41) is 5.95. The van der Waals surface area contributed by atoms with Gasteiger partial charge in [-0.25, -0.2) is 8.78 Å². The van der Waals surface area contributed by atoms with Crippen LogP contribution in [-0.4, -0.2) is 19.0 Å². The minimum atomic E-state index is -0.497. The van der Waals surface area contributed by atoms with Gasteiger partial charge in [-0.15, -0.1) is 0 Å². The number of hydrogen-bond acceptors (Lipinski definition) is 2. The van der Waals surface area contributed by atoms with Crippen LogP contribution in [-0.2, 0) is 11.3 Å². The third-order valence-electron chi connectivity index (χ3n) is 3.66. The first-order chi connectivity index (χ1) is 9.65. The topological polar surface area (TPSA) is 41.1 Å². The maximum absolute atomic E-state index is 13.4. The molecule has 1 fully saturated rings. The van der Waals surface area contributed by atoms with Gasteiger partial charge >= 0.3 is 0 Å². The summed E-state index contributed by atoms with van der Waals surface area (Å²) in [7, 11) is 0. The zero-order valence-electron chi connectivity index (χ0n) is 11.4. The third-order valence-corrected chi connectivity index (χ3v) is 3.66. The molecule has 1 unspecified atom stereocenters. The highest BCUT2D eigenvalue weighted by atomic mass is 19.1. The van der Waals surface area contributed by atoms with Gasteiger partial charge in [-0.05, 0) is 56.5 Å². The van der Waals surface area contributed by atoms with E-state index in [4.69, 9.17) is 0 Å². The van der Waals surface area contributed by atoms with Gasteiger partial charge in [-0.3, -0.25) is 4.79 Å². The molecule has 0 aromatic heterocycles. The molecule has 2 rings (SSSR count). The van der Waals surface area contributed by atoms with Crippen molar-refractivity contribution in [3.8, 4) is 0 Å². The van der Waals surface area contributed by atoms with Gasteiger partial charge in [0.05, 0.1) is 0 Å². The van der Waals surface area contributed by atoms with Crippen LogP contribution in [0.3, 0.4) is 0 Å². The molecule has 1 aliphatic rings. The molecular formula is C15H20F2N2O. The van der Waals surface area contributed by atoms with Gasteiger partial charge in [-0.1, -0.05) is 0 Å². The fourth-order valence-corrected chi connectivity index (χ4v) is 2.47. The van der Waals surface area contributed by atoms with Crippen LogP contribution in [0.4, 0.5) is 8.78 Å². The molecule has 0 spiro atoms. The smallest absolute Gasteiger partial charge is 0.220 e. The minimum Gasteiger partial charge on any atom is -0.352 e. The van der Waals surface area contributed by atoms with E-state index in [2.05, 4.69) is 10.6 Å². The molecule has 2 N–H and O–H groups in total. The molecule has 1 aromatic rings. The molecule has 1 aliphatic heterocycles. The van der Waals surface area contributed by atoms with Gasteiger partial charge in [0.25, 0.3) is 0 Å². The average molecular weight is 282 g/mol. The fraction of sp³-hybridized carbons (Fsp3) is 0.533. The molecule has 1 aromatic carbocycles. The van der Waals surface area contributed by atoms with E-state index in [0.717, 1.165) is 50.6 Å². The van der Waals surface area contributed by atoms with Gasteiger partial charge < -0.3 is 10.6 Å². The molecule has 0 bridgehead atoms. The summed E-state index contributed by atoms with van der Waals surface area (Å²) in [6, 6.07) is 3.25. The Morgan fingerprint density at radius 3 is 3.00 bits per heavy atom. The van der Waals surface area contributed by atoms with E-state index < -0.39 is 11.6 Å². The standard InChI is InChI=1S/C15H20F2N2O/c16-13-4-5-14(17)12(8-13)10-19-15(20)6-3-11-2-1-7-18-9-11/h4-5,8,11,18H,1-3,6-7,9-10H2,(H,19,20). The number of amides is 1. The van der Waals surface area contributed by atoms with Crippen molar-refractivity contribution in [2.24, 2.45) is 5.92 Å². The lowest BCUT2D eigenvalue weighted by Crippen LogP contribution is -2.31. The van der Waals surface area contributed by atoms with Crippen molar-refractivity contribution in [3.63, 3.8) is 0 Å². The number of benzene rings is 1. The minimum absolute atomic E-state index is 0.0331. The Balaban J connectivity index is 1.73. The molecule has 3 nitrogen and oxygen atoms in total. The zero-order valence-corrected chi connectivity index (χ0v) is 11.4. The largest absolute Gasteiger partial charge is 0.352 e. The Labute approximate surface area is 117 Å². The third kappa shape index (κ3) is 4.56. The van der Waals surface area contributed by atoms with Crippen LogP contribution in [0.2, 0.25) is 0 Å². The lowest BCUT2D eigenvalue weighted by atomic mass is 9.94. The number of rotatable bonds is 5. The van der Waals surface area contributed by atoms with E-state index in [1.807, 2.05) is 0 Å². The Morgan fingerprint density at radius 1 is 1.40 bits per heavy atom. The maximum Gasteiger partial charge on any atom is 0.220 e. The van der Waals surface area contributed by atoms with Crippen LogP contribution in [0.15, 0.2) is 18.2 Å². The molecular weight excluding hydrogens is 262 g/mol. The predicted octanol–water partition coefficient (Wildman–Crippen LogP) is 2.36. The van der Waals surface area contributed by atoms with Crippen LogP contribution in [0.1, 0.15) is 31.2 Å². The monoisotopic (exact) mass is 282 g/mol. The van der Waals surface area contributed by atoms with Crippen molar-refractivity contribution in [2.45, 2.75) is 32.2 Å². The van der Waals surface area contributed by atoms with E-state index in [0.29, 0.717) is 12.3 Å². The van der Waals surface area contributed by atoms with Crippen LogP contribution in [0, 0.1) is 17.6 Å². The number of halogens is 2. The SMILES string of the molecule is O=C(CCC1CCCNC1)NCc1cc(F)ccc1F. The number of nitrogens with one attached hydrogen (secondary N) is 2. The van der Waals surface area contributed by atoms with Crippen LogP contribution in [0.5, 0.6) is 0 Å². The van der Waals surface area contributed by atoms with Gasteiger partial charge in [0.2, 0.25) is 5.91 Å².